The van der Waals surface area contributed by atoms with E-state index in [1.54, 1.807) is 26.0 Å². The van der Waals surface area contributed by atoms with E-state index in [4.69, 9.17) is 9.47 Å². The Morgan fingerprint density at radius 1 is 1.00 bits per heavy atom. The number of methoxy groups -OCH3 is 2. The molecule has 0 radical (unpaired) electrons. The molecule has 0 aliphatic rings. The fourth-order valence-electron chi connectivity index (χ4n) is 2.30. The lowest BCUT2D eigenvalue weighted by Crippen LogP contribution is -2.30. The van der Waals surface area contributed by atoms with Crippen molar-refractivity contribution < 1.29 is 14.3 Å². The molecule has 1 amide bonds. The molecule has 0 saturated carbocycles. The van der Waals surface area contributed by atoms with Crippen LogP contribution in [-0.2, 0) is 11.2 Å². The van der Waals surface area contributed by atoms with Crippen LogP contribution in [0.15, 0.2) is 48.5 Å². The van der Waals surface area contributed by atoms with Crippen molar-refractivity contribution >= 4 is 11.6 Å². The fraction of sp³-hybridized carbons (Fsp3) is 0.278. The minimum Gasteiger partial charge on any atom is -0.497 e. The first kappa shape index (κ1) is 15.9. The van der Waals surface area contributed by atoms with Gasteiger partial charge in [-0.2, -0.15) is 0 Å². The molecular weight excluding hydrogens is 278 g/mol. The standard InChI is InChI=1S/C18H21NO3/c1-14(20)19(16-7-9-17(21-2)10-8-16)12-11-15-5-4-6-18(13-15)22-3/h4-10,13H,11-12H2,1-3H3. The summed E-state index contributed by atoms with van der Waals surface area (Å²) in [6, 6.07) is 15.4. The maximum absolute atomic E-state index is 11.9. The van der Waals surface area contributed by atoms with E-state index in [1.807, 2.05) is 48.5 Å². The van der Waals surface area contributed by atoms with Gasteiger partial charge in [-0.3, -0.25) is 4.79 Å². The lowest BCUT2D eigenvalue weighted by Gasteiger charge is -2.21. The molecule has 0 saturated heterocycles. The summed E-state index contributed by atoms with van der Waals surface area (Å²) in [6.45, 7) is 2.20. The average molecular weight is 299 g/mol. The van der Waals surface area contributed by atoms with Gasteiger partial charge in [-0.05, 0) is 48.4 Å². The summed E-state index contributed by atoms with van der Waals surface area (Å²) in [6.07, 6.45) is 0.767. The Bertz CT molecular complexity index is 622. The number of carbonyl (C=O) groups is 1. The molecule has 4 nitrogen and oxygen atoms in total. The predicted octanol–water partition coefficient (Wildman–Crippen LogP) is 3.30. The lowest BCUT2D eigenvalue weighted by atomic mass is 10.1. The first-order chi connectivity index (χ1) is 10.6. The van der Waals surface area contributed by atoms with Crippen molar-refractivity contribution in [2.24, 2.45) is 0 Å². The van der Waals surface area contributed by atoms with E-state index in [-0.39, 0.29) is 5.91 Å². The van der Waals surface area contributed by atoms with E-state index < -0.39 is 0 Å². The SMILES string of the molecule is COc1ccc(N(CCc2cccc(OC)c2)C(C)=O)cc1. The van der Waals surface area contributed by atoms with Crippen molar-refractivity contribution in [3.63, 3.8) is 0 Å². The molecule has 0 aliphatic carbocycles. The van der Waals surface area contributed by atoms with Gasteiger partial charge < -0.3 is 14.4 Å². The Hall–Kier alpha value is -2.49. The highest BCUT2D eigenvalue weighted by Gasteiger charge is 2.11. The van der Waals surface area contributed by atoms with E-state index in [0.717, 1.165) is 29.2 Å². The van der Waals surface area contributed by atoms with Crippen molar-refractivity contribution in [3.05, 3.63) is 54.1 Å². The van der Waals surface area contributed by atoms with Crippen molar-refractivity contribution in [3.8, 4) is 11.5 Å². The Kier molecular flexibility index (Phi) is 5.42. The van der Waals surface area contributed by atoms with Gasteiger partial charge in [0.05, 0.1) is 14.2 Å². The normalized spacial score (nSPS) is 10.1. The number of hydrogen-bond acceptors (Lipinski definition) is 3. The summed E-state index contributed by atoms with van der Waals surface area (Å²) in [5, 5.41) is 0. The molecule has 0 aromatic heterocycles. The van der Waals surface area contributed by atoms with Crippen LogP contribution < -0.4 is 14.4 Å². The van der Waals surface area contributed by atoms with E-state index >= 15 is 0 Å². The number of amides is 1. The third kappa shape index (κ3) is 4.01. The molecule has 116 valence electrons. The predicted molar refractivity (Wildman–Crippen MR) is 87.7 cm³/mol. The van der Waals surface area contributed by atoms with Crippen LogP contribution in [0.1, 0.15) is 12.5 Å². The van der Waals surface area contributed by atoms with Crippen LogP contribution in [0.3, 0.4) is 0 Å². The number of rotatable bonds is 6. The first-order valence-corrected chi connectivity index (χ1v) is 7.19. The smallest absolute Gasteiger partial charge is 0.223 e. The topological polar surface area (TPSA) is 38.8 Å². The molecule has 0 spiro atoms. The number of benzene rings is 2. The number of anilines is 1. The van der Waals surface area contributed by atoms with Crippen LogP contribution in [0.2, 0.25) is 0 Å². The summed E-state index contributed by atoms with van der Waals surface area (Å²) < 4.78 is 10.4. The first-order valence-electron chi connectivity index (χ1n) is 7.19. The van der Waals surface area contributed by atoms with Crippen molar-refractivity contribution in [1.82, 2.24) is 0 Å². The third-order valence-electron chi connectivity index (χ3n) is 3.52. The zero-order chi connectivity index (χ0) is 15.9. The highest BCUT2D eigenvalue weighted by atomic mass is 16.5. The van der Waals surface area contributed by atoms with Gasteiger partial charge in [0.1, 0.15) is 11.5 Å². The monoisotopic (exact) mass is 299 g/mol. The van der Waals surface area contributed by atoms with Gasteiger partial charge in [-0.1, -0.05) is 12.1 Å². The van der Waals surface area contributed by atoms with Gasteiger partial charge in [0.2, 0.25) is 5.91 Å². The maximum atomic E-state index is 11.9. The van der Waals surface area contributed by atoms with Crippen LogP contribution in [-0.4, -0.2) is 26.7 Å². The second-order valence-electron chi connectivity index (χ2n) is 4.97. The van der Waals surface area contributed by atoms with Gasteiger partial charge in [0.15, 0.2) is 0 Å². The zero-order valence-electron chi connectivity index (χ0n) is 13.2. The minimum atomic E-state index is 0.0214. The lowest BCUT2D eigenvalue weighted by molar-refractivity contribution is -0.116. The molecule has 0 unspecified atom stereocenters. The van der Waals surface area contributed by atoms with Crippen molar-refractivity contribution in [2.45, 2.75) is 13.3 Å². The van der Waals surface area contributed by atoms with Crippen LogP contribution in [0.25, 0.3) is 0 Å². The maximum Gasteiger partial charge on any atom is 0.223 e. The van der Waals surface area contributed by atoms with Gasteiger partial charge in [-0.25, -0.2) is 0 Å². The molecule has 0 atom stereocenters. The van der Waals surface area contributed by atoms with Gasteiger partial charge >= 0.3 is 0 Å². The van der Waals surface area contributed by atoms with E-state index in [9.17, 15) is 4.79 Å². The molecule has 0 bridgehead atoms. The minimum absolute atomic E-state index is 0.0214. The van der Waals surface area contributed by atoms with Crippen molar-refractivity contribution in [1.29, 1.82) is 0 Å². The zero-order valence-corrected chi connectivity index (χ0v) is 13.2. The Balaban J connectivity index is 2.09. The van der Waals surface area contributed by atoms with Gasteiger partial charge in [-0.15, -0.1) is 0 Å². The Morgan fingerprint density at radius 2 is 1.68 bits per heavy atom. The van der Waals surface area contributed by atoms with Crippen LogP contribution in [0, 0.1) is 0 Å². The van der Waals surface area contributed by atoms with Crippen LogP contribution >= 0.6 is 0 Å². The molecule has 0 N–H and O–H groups in total. The fourth-order valence-corrected chi connectivity index (χ4v) is 2.30. The summed E-state index contributed by atoms with van der Waals surface area (Å²) in [4.78, 5) is 13.7. The highest BCUT2D eigenvalue weighted by molar-refractivity contribution is 5.91. The molecule has 2 aromatic carbocycles. The highest BCUT2D eigenvalue weighted by Crippen LogP contribution is 2.20. The summed E-state index contributed by atoms with van der Waals surface area (Å²) in [7, 11) is 3.28. The van der Waals surface area contributed by atoms with E-state index in [1.165, 1.54) is 0 Å². The molecule has 0 aliphatic heterocycles. The van der Waals surface area contributed by atoms with Crippen LogP contribution in [0.4, 0.5) is 5.69 Å². The summed E-state index contributed by atoms with van der Waals surface area (Å²) in [5.74, 6) is 1.63. The molecule has 0 fully saturated rings. The Labute approximate surface area is 131 Å². The van der Waals surface area contributed by atoms with Crippen LogP contribution in [0.5, 0.6) is 11.5 Å². The Morgan fingerprint density at radius 3 is 2.27 bits per heavy atom. The molecule has 22 heavy (non-hydrogen) atoms. The third-order valence-corrected chi connectivity index (χ3v) is 3.52. The number of nitrogens with zero attached hydrogens (tertiary/aromatic N) is 1. The summed E-state index contributed by atoms with van der Waals surface area (Å²) in [5.41, 5.74) is 2.01. The second kappa shape index (κ2) is 7.50. The molecule has 2 aromatic rings. The van der Waals surface area contributed by atoms with Gasteiger partial charge in [0, 0.05) is 19.2 Å². The molecule has 2 rings (SSSR count). The molecular formula is C18H21NO3. The second-order valence-corrected chi connectivity index (χ2v) is 4.97. The van der Waals surface area contributed by atoms with Gasteiger partial charge in [0.25, 0.3) is 0 Å². The average Bonchev–Trinajstić information content (AvgIpc) is 2.55. The molecule has 4 heteroatoms. The van der Waals surface area contributed by atoms with E-state index in [2.05, 4.69) is 0 Å². The van der Waals surface area contributed by atoms with Crippen molar-refractivity contribution in [2.75, 3.05) is 25.7 Å². The van der Waals surface area contributed by atoms with E-state index in [0.29, 0.717) is 6.54 Å². The number of ether oxygens (including phenoxy) is 2. The quantitative estimate of drug-likeness (QED) is 0.821. The summed E-state index contributed by atoms with van der Waals surface area (Å²) >= 11 is 0. The largest absolute Gasteiger partial charge is 0.497 e. The molecule has 0 heterocycles. The number of hydrogen-bond donors (Lipinski definition) is 0. The number of carbonyl (C=O) groups excluding carboxylic acids is 1.